The lowest BCUT2D eigenvalue weighted by Crippen LogP contribution is -2.14. The minimum Gasteiger partial charge on any atom is -0.393 e. The van der Waals surface area contributed by atoms with Crippen LogP contribution in [0.3, 0.4) is 0 Å². The average molecular weight is 240 g/mol. The third-order valence-electron chi connectivity index (χ3n) is 2.84. The molecule has 0 amide bonds. The molecule has 96 valence electrons. The second-order valence-electron chi connectivity index (χ2n) is 4.37. The third kappa shape index (κ3) is 6.33. The molecule has 0 saturated carbocycles. The predicted octanol–water partition coefficient (Wildman–Crippen LogP) is 3.04. The van der Waals surface area contributed by atoms with Crippen molar-refractivity contribution in [3.05, 3.63) is 0 Å². The number of halogens is 3. The molecule has 0 radical (unpaired) electrons. The smallest absolute Gasteiger partial charge is 0.389 e. The van der Waals surface area contributed by atoms with E-state index in [1.807, 2.05) is 0 Å². The van der Waals surface area contributed by atoms with Gasteiger partial charge in [0.05, 0.1) is 12.2 Å². The van der Waals surface area contributed by atoms with Crippen molar-refractivity contribution in [3.8, 4) is 0 Å². The number of aliphatic hydroxyl groups excluding tert-OH is 1. The summed E-state index contributed by atoms with van der Waals surface area (Å²) in [5, 5.41) is 9.48. The molecule has 1 saturated heterocycles. The van der Waals surface area contributed by atoms with Gasteiger partial charge in [0.1, 0.15) is 0 Å². The summed E-state index contributed by atoms with van der Waals surface area (Å²) in [5.74, 6) is 0. The molecule has 1 aliphatic rings. The van der Waals surface area contributed by atoms with Crippen molar-refractivity contribution in [2.45, 2.75) is 63.3 Å². The summed E-state index contributed by atoms with van der Waals surface area (Å²) in [6.07, 6.45) is -1.72. The fraction of sp³-hybridized carbons (Fsp3) is 1.00. The number of ether oxygens (including phenoxy) is 1. The molecule has 2 nitrogen and oxygen atoms in total. The van der Waals surface area contributed by atoms with Crippen molar-refractivity contribution < 1.29 is 23.0 Å². The molecule has 5 heteroatoms. The number of rotatable bonds is 6. The molecule has 1 fully saturated rings. The largest absolute Gasteiger partial charge is 0.393 e. The van der Waals surface area contributed by atoms with Crippen molar-refractivity contribution in [2.75, 3.05) is 6.61 Å². The van der Waals surface area contributed by atoms with E-state index in [4.69, 9.17) is 4.74 Å². The Kier molecular flexibility index (Phi) is 5.55. The number of aliphatic hydroxyl groups is 1. The Hall–Kier alpha value is -0.290. The number of alkyl halides is 3. The van der Waals surface area contributed by atoms with Gasteiger partial charge in [-0.05, 0) is 38.5 Å². The van der Waals surface area contributed by atoms with Gasteiger partial charge >= 0.3 is 6.18 Å². The van der Waals surface area contributed by atoms with Gasteiger partial charge in [-0.2, -0.15) is 13.2 Å². The van der Waals surface area contributed by atoms with Gasteiger partial charge < -0.3 is 9.84 Å². The standard InChI is InChI=1S/C11H19F3O2/c12-11(13,14)7-1-3-9(15)5-6-10-4-2-8-16-10/h9-10,15H,1-8H2. The van der Waals surface area contributed by atoms with Crippen LogP contribution in [0.4, 0.5) is 13.2 Å². The Morgan fingerprint density at radius 2 is 2.06 bits per heavy atom. The monoisotopic (exact) mass is 240 g/mol. The Morgan fingerprint density at radius 3 is 2.62 bits per heavy atom. The lowest BCUT2D eigenvalue weighted by atomic mass is 10.0. The van der Waals surface area contributed by atoms with Crippen molar-refractivity contribution in [2.24, 2.45) is 0 Å². The van der Waals surface area contributed by atoms with Crippen LogP contribution in [0.25, 0.3) is 0 Å². The maximum Gasteiger partial charge on any atom is 0.389 e. The fourth-order valence-electron chi connectivity index (χ4n) is 1.93. The summed E-state index contributed by atoms with van der Waals surface area (Å²) in [7, 11) is 0. The van der Waals surface area contributed by atoms with E-state index in [0.29, 0.717) is 6.42 Å². The molecule has 0 aromatic carbocycles. The van der Waals surface area contributed by atoms with Crippen LogP contribution < -0.4 is 0 Å². The van der Waals surface area contributed by atoms with Crippen molar-refractivity contribution in [1.29, 1.82) is 0 Å². The van der Waals surface area contributed by atoms with E-state index in [9.17, 15) is 18.3 Å². The highest BCUT2D eigenvalue weighted by atomic mass is 19.4. The van der Waals surface area contributed by atoms with Crippen LogP contribution in [0, 0.1) is 0 Å². The van der Waals surface area contributed by atoms with Crippen LogP contribution in [0.15, 0.2) is 0 Å². The van der Waals surface area contributed by atoms with Crippen LogP contribution >= 0.6 is 0 Å². The van der Waals surface area contributed by atoms with E-state index in [1.165, 1.54) is 0 Å². The fourth-order valence-corrected chi connectivity index (χ4v) is 1.93. The molecule has 1 heterocycles. The van der Waals surface area contributed by atoms with Gasteiger partial charge in [-0.1, -0.05) is 0 Å². The second kappa shape index (κ2) is 6.45. The highest BCUT2D eigenvalue weighted by molar-refractivity contribution is 4.68. The van der Waals surface area contributed by atoms with Crippen LogP contribution in [-0.2, 0) is 4.74 Å². The van der Waals surface area contributed by atoms with Gasteiger partial charge in [-0.15, -0.1) is 0 Å². The quantitative estimate of drug-likeness (QED) is 0.773. The Balaban J connectivity index is 2.00. The topological polar surface area (TPSA) is 29.5 Å². The van der Waals surface area contributed by atoms with Gasteiger partial charge in [-0.3, -0.25) is 0 Å². The van der Waals surface area contributed by atoms with Crippen LogP contribution in [0.5, 0.6) is 0 Å². The minimum absolute atomic E-state index is 0.0101. The normalized spacial score (nSPS) is 23.6. The van der Waals surface area contributed by atoms with Crippen LogP contribution in [0.1, 0.15) is 44.9 Å². The molecule has 2 unspecified atom stereocenters. The summed E-state index contributed by atoms with van der Waals surface area (Å²) < 4.78 is 40.9. The molecule has 1 N–H and O–H groups in total. The first-order chi connectivity index (χ1) is 7.47. The van der Waals surface area contributed by atoms with Crippen LogP contribution in [0.2, 0.25) is 0 Å². The zero-order chi connectivity index (χ0) is 12.0. The summed E-state index contributed by atoms with van der Waals surface area (Å²) in [6.45, 7) is 0.773. The molecular weight excluding hydrogens is 221 g/mol. The second-order valence-corrected chi connectivity index (χ2v) is 4.37. The molecule has 0 bridgehead atoms. The van der Waals surface area contributed by atoms with Gasteiger partial charge in [0.2, 0.25) is 0 Å². The molecule has 1 aliphatic heterocycles. The summed E-state index contributed by atoms with van der Waals surface area (Å²) in [4.78, 5) is 0. The molecule has 16 heavy (non-hydrogen) atoms. The van der Waals surface area contributed by atoms with E-state index >= 15 is 0 Å². The first kappa shape index (κ1) is 13.8. The predicted molar refractivity (Wildman–Crippen MR) is 54.1 cm³/mol. The minimum atomic E-state index is -4.10. The maximum absolute atomic E-state index is 11.8. The number of hydrogen-bond acceptors (Lipinski definition) is 2. The highest BCUT2D eigenvalue weighted by Gasteiger charge is 2.26. The molecule has 0 aromatic rings. The van der Waals surface area contributed by atoms with E-state index in [2.05, 4.69) is 0 Å². The third-order valence-corrected chi connectivity index (χ3v) is 2.84. The number of hydrogen-bond donors (Lipinski definition) is 1. The van der Waals surface area contributed by atoms with E-state index in [0.717, 1.165) is 25.9 Å². The van der Waals surface area contributed by atoms with Crippen molar-refractivity contribution >= 4 is 0 Å². The SMILES string of the molecule is OC(CCCC(F)(F)F)CCC1CCCO1. The Labute approximate surface area is 93.8 Å². The summed E-state index contributed by atoms with van der Waals surface area (Å²) >= 11 is 0. The van der Waals surface area contributed by atoms with Gasteiger partial charge in [0.15, 0.2) is 0 Å². The summed E-state index contributed by atoms with van der Waals surface area (Å²) in [6, 6.07) is 0. The molecule has 1 rings (SSSR count). The van der Waals surface area contributed by atoms with Gasteiger partial charge in [0.25, 0.3) is 0 Å². The van der Waals surface area contributed by atoms with E-state index < -0.39 is 18.7 Å². The Bertz CT molecular complexity index is 188. The molecule has 0 aromatic heterocycles. The lowest BCUT2D eigenvalue weighted by molar-refractivity contribution is -0.136. The van der Waals surface area contributed by atoms with Crippen molar-refractivity contribution in [3.63, 3.8) is 0 Å². The molecular formula is C11H19F3O2. The van der Waals surface area contributed by atoms with E-state index in [1.54, 1.807) is 0 Å². The first-order valence-electron chi connectivity index (χ1n) is 5.84. The van der Waals surface area contributed by atoms with Gasteiger partial charge in [0, 0.05) is 13.0 Å². The molecule has 0 spiro atoms. The lowest BCUT2D eigenvalue weighted by Gasteiger charge is -2.14. The highest BCUT2D eigenvalue weighted by Crippen LogP contribution is 2.24. The average Bonchev–Trinajstić information content (AvgIpc) is 2.65. The zero-order valence-corrected chi connectivity index (χ0v) is 9.30. The zero-order valence-electron chi connectivity index (χ0n) is 9.30. The van der Waals surface area contributed by atoms with Crippen LogP contribution in [-0.4, -0.2) is 30.1 Å². The first-order valence-corrected chi connectivity index (χ1v) is 5.84. The summed E-state index contributed by atoms with van der Waals surface area (Å²) in [5.41, 5.74) is 0. The molecule has 0 aliphatic carbocycles. The molecule has 2 atom stereocenters. The Morgan fingerprint density at radius 1 is 1.31 bits per heavy atom. The maximum atomic E-state index is 11.8. The van der Waals surface area contributed by atoms with Gasteiger partial charge in [-0.25, -0.2) is 0 Å². The van der Waals surface area contributed by atoms with E-state index in [-0.39, 0.29) is 18.9 Å². The van der Waals surface area contributed by atoms with Crippen molar-refractivity contribution in [1.82, 2.24) is 0 Å².